The van der Waals surface area contributed by atoms with E-state index in [-0.39, 0.29) is 12.8 Å². The van der Waals surface area contributed by atoms with E-state index in [0.29, 0.717) is 0 Å². The van der Waals surface area contributed by atoms with Gasteiger partial charge in [-0.15, -0.1) is 0 Å². The minimum atomic E-state index is 0.224. The zero-order valence-electron chi connectivity index (χ0n) is 13.8. The van der Waals surface area contributed by atoms with Crippen molar-refractivity contribution < 1.29 is 5.11 Å². The first-order valence-corrected chi connectivity index (χ1v) is 8.90. The van der Waals surface area contributed by atoms with Gasteiger partial charge in [0, 0.05) is 25.7 Å². The zero-order valence-corrected chi connectivity index (χ0v) is 13.8. The fourth-order valence-electron chi connectivity index (χ4n) is 2.80. The Kier molecular flexibility index (Phi) is 11.4. The maximum absolute atomic E-state index is 8.99. The van der Waals surface area contributed by atoms with E-state index < -0.39 is 0 Å². The van der Waals surface area contributed by atoms with Crippen molar-refractivity contribution in [2.45, 2.75) is 77.3 Å². The maximum Gasteiger partial charge on any atom is 0.105 e. The molecule has 1 aliphatic heterocycles. The summed E-state index contributed by atoms with van der Waals surface area (Å²) in [6.45, 7) is 4.11. The highest BCUT2D eigenvalue weighted by atomic mass is 16.3. The molecular formula is C18H34N2O. The van der Waals surface area contributed by atoms with Crippen LogP contribution in [0.3, 0.4) is 0 Å². The van der Waals surface area contributed by atoms with Crippen molar-refractivity contribution in [1.82, 2.24) is 4.90 Å². The van der Waals surface area contributed by atoms with Gasteiger partial charge in [-0.1, -0.05) is 64.0 Å². The predicted molar refractivity (Wildman–Crippen MR) is 91.9 cm³/mol. The van der Waals surface area contributed by atoms with E-state index in [9.17, 15) is 0 Å². The molecule has 3 heteroatoms. The van der Waals surface area contributed by atoms with Gasteiger partial charge in [0.2, 0.25) is 0 Å². The van der Waals surface area contributed by atoms with Gasteiger partial charge in [0.25, 0.3) is 0 Å². The monoisotopic (exact) mass is 294 g/mol. The number of aliphatic imine (C=N–C) groups is 1. The number of rotatable bonds is 13. The molecule has 0 spiro atoms. The summed E-state index contributed by atoms with van der Waals surface area (Å²) in [6.07, 6.45) is 20.1. The summed E-state index contributed by atoms with van der Waals surface area (Å²) in [6, 6.07) is 0. The number of hydrogen-bond acceptors (Lipinski definition) is 3. The SMILES string of the molecule is CCCCCCCCCC/C=C/CC1N=CCN1CCO. The number of aliphatic hydroxyl groups is 1. The standard InChI is InChI=1S/C18H34N2O/c1-2-3-4-5-6-7-8-9-10-11-12-13-18-19-14-15-20(18)16-17-21/h11-12,14,18,21H,2-10,13,15-17H2,1H3/b12-11+. The zero-order chi connectivity index (χ0) is 15.2. The lowest BCUT2D eigenvalue weighted by Crippen LogP contribution is -2.32. The normalized spacial score (nSPS) is 19.0. The first kappa shape index (κ1) is 18.4. The van der Waals surface area contributed by atoms with Crippen LogP contribution in [0.4, 0.5) is 0 Å². The largest absolute Gasteiger partial charge is 0.395 e. The number of nitrogens with zero attached hydrogens (tertiary/aromatic N) is 2. The summed E-state index contributed by atoms with van der Waals surface area (Å²) < 4.78 is 0. The lowest BCUT2D eigenvalue weighted by atomic mass is 10.1. The number of aliphatic hydroxyl groups excluding tert-OH is 1. The van der Waals surface area contributed by atoms with Crippen LogP contribution in [0.2, 0.25) is 0 Å². The summed E-state index contributed by atoms with van der Waals surface area (Å²) in [5, 5.41) is 8.99. The van der Waals surface area contributed by atoms with Crippen molar-refractivity contribution >= 4 is 6.21 Å². The van der Waals surface area contributed by atoms with E-state index in [2.05, 4.69) is 29.0 Å². The highest BCUT2D eigenvalue weighted by Gasteiger charge is 2.18. The second-order valence-electron chi connectivity index (χ2n) is 6.00. The van der Waals surface area contributed by atoms with E-state index in [1.165, 1.54) is 57.8 Å². The summed E-state index contributed by atoms with van der Waals surface area (Å²) in [4.78, 5) is 6.68. The van der Waals surface area contributed by atoms with Crippen molar-refractivity contribution in [1.29, 1.82) is 0 Å². The third-order valence-corrected chi connectivity index (χ3v) is 4.14. The molecule has 0 fully saturated rings. The predicted octanol–water partition coefficient (Wildman–Crippen LogP) is 4.17. The van der Waals surface area contributed by atoms with Crippen LogP contribution in [0.15, 0.2) is 17.1 Å². The smallest absolute Gasteiger partial charge is 0.105 e. The molecular weight excluding hydrogens is 260 g/mol. The Labute approximate surface area is 131 Å². The van der Waals surface area contributed by atoms with Crippen molar-refractivity contribution in [2.24, 2.45) is 4.99 Å². The second-order valence-corrected chi connectivity index (χ2v) is 6.00. The fourth-order valence-corrected chi connectivity index (χ4v) is 2.80. The molecule has 0 aromatic carbocycles. The molecule has 1 aliphatic rings. The van der Waals surface area contributed by atoms with Gasteiger partial charge in [-0.2, -0.15) is 0 Å². The van der Waals surface area contributed by atoms with Gasteiger partial charge in [-0.05, 0) is 12.8 Å². The fraction of sp³-hybridized carbons (Fsp3) is 0.833. The molecule has 3 nitrogen and oxygen atoms in total. The minimum Gasteiger partial charge on any atom is -0.395 e. The molecule has 1 unspecified atom stereocenters. The quantitative estimate of drug-likeness (QED) is 0.409. The molecule has 1 heterocycles. The van der Waals surface area contributed by atoms with Gasteiger partial charge in [0.15, 0.2) is 0 Å². The lowest BCUT2D eigenvalue weighted by Gasteiger charge is -2.20. The van der Waals surface area contributed by atoms with Crippen molar-refractivity contribution in [3.8, 4) is 0 Å². The number of allylic oxidation sites excluding steroid dienone is 1. The van der Waals surface area contributed by atoms with Crippen LogP contribution in [-0.2, 0) is 0 Å². The van der Waals surface area contributed by atoms with Gasteiger partial charge in [-0.3, -0.25) is 9.89 Å². The van der Waals surface area contributed by atoms with Gasteiger partial charge >= 0.3 is 0 Å². The summed E-state index contributed by atoms with van der Waals surface area (Å²) in [5.41, 5.74) is 0. The summed E-state index contributed by atoms with van der Waals surface area (Å²) in [7, 11) is 0. The van der Waals surface area contributed by atoms with Crippen LogP contribution < -0.4 is 0 Å². The van der Waals surface area contributed by atoms with E-state index in [0.717, 1.165) is 19.5 Å². The van der Waals surface area contributed by atoms with Crippen LogP contribution >= 0.6 is 0 Å². The Morgan fingerprint density at radius 3 is 2.52 bits per heavy atom. The Morgan fingerprint density at radius 1 is 1.10 bits per heavy atom. The lowest BCUT2D eigenvalue weighted by molar-refractivity contribution is 0.184. The van der Waals surface area contributed by atoms with E-state index in [1.807, 2.05) is 6.21 Å². The van der Waals surface area contributed by atoms with Crippen molar-refractivity contribution in [3.05, 3.63) is 12.2 Å². The third kappa shape index (κ3) is 9.05. The average Bonchev–Trinajstić information content (AvgIpc) is 2.92. The van der Waals surface area contributed by atoms with Gasteiger partial charge in [0.1, 0.15) is 6.17 Å². The van der Waals surface area contributed by atoms with E-state index >= 15 is 0 Å². The van der Waals surface area contributed by atoms with Gasteiger partial charge in [0.05, 0.1) is 6.61 Å². The molecule has 21 heavy (non-hydrogen) atoms. The summed E-state index contributed by atoms with van der Waals surface area (Å²) >= 11 is 0. The number of unbranched alkanes of at least 4 members (excludes halogenated alkanes) is 8. The van der Waals surface area contributed by atoms with Crippen molar-refractivity contribution in [2.75, 3.05) is 19.7 Å². The van der Waals surface area contributed by atoms with Crippen molar-refractivity contribution in [3.63, 3.8) is 0 Å². The number of hydrogen-bond donors (Lipinski definition) is 1. The van der Waals surface area contributed by atoms with Crippen LogP contribution in [-0.4, -0.2) is 42.1 Å². The Morgan fingerprint density at radius 2 is 1.81 bits per heavy atom. The Hall–Kier alpha value is -0.670. The van der Waals surface area contributed by atoms with Crippen LogP contribution in [0, 0.1) is 0 Å². The van der Waals surface area contributed by atoms with Gasteiger partial charge < -0.3 is 5.11 Å². The minimum absolute atomic E-state index is 0.224. The van der Waals surface area contributed by atoms with E-state index in [4.69, 9.17) is 5.11 Å². The molecule has 0 radical (unpaired) electrons. The Balaban J connectivity index is 1.92. The molecule has 1 atom stereocenters. The molecule has 0 saturated carbocycles. The topological polar surface area (TPSA) is 35.8 Å². The molecule has 1 N–H and O–H groups in total. The third-order valence-electron chi connectivity index (χ3n) is 4.14. The van der Waals surface area contributed by atoms with Gasteiger partial charge in [-0.25, -0.2) is 0 Å². The molecule has 0 amide bonds. The molecule has 0 bridgehead atoms. The molecule has 1 rings (SSSR count). The molecule has 122 valence electrons. The molecule has 0 saturated heterocycles. The molecule has 0 aromatic rings. The summed E-state index contributed by atoms with van der Waals surface area (Å²) in [5.74, 6) is 0. The highest BCUT2D eigenvalue weighted by Crippen LogP contribution is 2.12. The molecule has 0 aliphatic carbocycles. The van der Waals surface area contributed by atoms with E-state index in [1.54, 1.807) is 0 Å². The maximum atomic E-state index is 8.99. The average molecular weight is 294 g/mol. The number of β-amino-alcohol motifs (C(OH)–C–C–N with tert-alkyl or cyclic N) is 1. The van der Waals surface area contributed by atoms with Crippen LogP contribution in [0.1, 0.15) is 71.1 Å². The molecule has 0 aromatic heterocycles. The highest BCUT2D eigenvalue weighted by molar-refractivity contribution is 5.62. The first-order chi connectivity index (χ1) is 10.4. The Bertz CT molecular complexity index is 289. The second kappa shape index (κ2) is 13.0. The van der Waals surface area contributed by atoms with Crippen LogP contribution in [0.25, 0.3) is 0 Å². The van der Waals surface area contributed by atoms with Crippen LogP contribution in [0.5, 0.6) is 0 Å². The first-order valence-electron chi connectivity index (χ1n) is 8.90.